The van der Waals surface area contributed by atoms with Crippen LogP contribution in [0.1, 0.15) is 32.1 Å². The molecule has 2 aromatic rings. The Bertz CT molecular complexity index is 565. The number of hydrogen-bond donors (Lipinski definition) is 1. The summed E-state index contributed by atoms with van der Waals surface area (Å²) in [5.74, 6) is 0.985. The van der Waals surface area contributed by atoms with Crippen LogP contribution in [0.5, 0.6) is 0 Å². The average Bonchev–Trinajstić information content (AvgIpc) is 2.66. The van der Waals surface area contributed by atoms with Gasteiger partial charge in [-0.05, 0) is 33.4 Å². The standard InChI is InChI=1S/C16H21NO/c1-5-17-12(3)11(2)10-15-13(4)18-16-9-7-6-8-14(15)16/h6-10,12,17H,5H2,1-4H3/b11-10+. The van der Waals surface area contributed by atoms with Crippen molar-refractivity contribution in [1.82, 2.24) is 5.32 Å². The number of fused-ring (bicyclic) bond motifs is 1. The second kappa shape index (κ2) is 5.40. The lowest BCUT2D eigenvalue weighted by Gasteiger charge is -2.12. The van der Waals surface area contributed by atoms with Gasteiger partial charge < -0.3 is 9.73 Å². The summed E-state index contributed by atoms with van der Waals surface area (Å²) >= 11 is 0. The zero-order chi connectivity index (χ0) is 13.1. The number of hydrogen-bond acceptors (Lipinski definition) is 2. The Hall–Kier alpha value is -1.54. The van der Waals surface area contributed by atoms with E-state index in [1.807, 2.05) is 19.1 Å². The van der Waals surface area contributed by atoms with E-state index in [4.69, 9.17) is 4.42 Å². The lowest BCUT2D eigenvalue weighted by molar-refractivity contribution is 0.577. The van der Waals surface area contributed by atoms with E-state index in [9.17, 15) is 0 Å². The minimum Gasteiger partial charge on any atom is -0.461 e. The number of likely N-dealkylation sites (N-methyl/N-ethyl adjacent to an activating group) is 1. The van der Waals surface area contributed by atoms with Gasteiger partial charge in [0, 0.05) is 17.0 Å². The fraction of sp³-hybridized carbons (Fsp3) is 0.375. The van der Waals surface area contributed by atoms with Crippen molar-refractivity contribution in [2.45, 2.75) is 33.7 Å². The third-order valence-corrected chi connectivity index (χ3v) is 3.38. The molecule has 1 unspecified atom stereocenters. The highest BCUT2D eigenvalue weighted by atomic mass is 16.3. The van der Waals surface area contributed by atoms with Crippen molar-refractivity contribution in [3.63, 3.8) is 0 Å². The van der Waals surface area contributed by atoms with Gasteiger partial charge >= 0.3 is 0 Å². The SMILES string of the molecule is CCNC(C)/C(C)=C/c1c(C)oc2ccccc12. The molecule has 0 fully saturated rings. The highest BCUT2D eigenvalue weighted by molar-refractivity contribution is 5.88. The van der Waals surface area contributed by atoms with Gasteiger partial charge in [0.25, 0.3) is 0 Å². The highest BCUT2D eigenvalue weighted by Crippen LogP contribution is 2.27. The summed E-state index contributed by atoms with van der Waals surface area (Å²) in [6.07, 6.45) is 2.23. The predicted octanol–water partition coefficient (Wildman–Crippen LogP) is 4.14. The van der Waals surface area contributed by atoms with Gasteiger partial charge in [-0.3, -0.25) is 0 Å². The normalized spacial score (nSPS) is 14.1. The van der Waals surface area contributed by atoms with Crippen LogP contribution >= 0.6 is 0 Å². The molecule has 0 radical (unpaired) electrons. The van der Waals surface area contributed by atoms with Gasteiger partial charge in [0.05, 0.1) is 0 Å². The van der Waals surface area contributed by atoms with E-state index in [2.05, 4.69) is 44.3 Å². The minimum atomic E-state index is 0.392. The van der Waals surface area contributed by atoms with Crippen LogP contribution in [0.3, 0.4) is 0 Å². The Labute approximate surface area is 109 Å². The van der Waals surface area contributed by atoms with E-state index in [1.165, 1.54) is 16.5 Å². The molecule has 0 saturated carbocycles. The van der Waals surface area contributed by atoms with Crippen molar-refractivity contribution in [2.24, 2.45) is 0 Å². The Morgan fingerprint density at radius 1 is 1.39 bits per heavy atom. The van der Waals surface area contributed by atoms with Crippen molar-refractivity contribution in [1.29, 1.82) is 0 Å². The first-order valence-electron chi connectivity index (χ1n) is 6.53. The van der Waals surface area contributed by atoms with Crippen molar-refractivity contribution >= 4 is 17.0 Å². The van der Waals surface area contributed by atoms with Gasteiger partial charge in [-0.1, -0.05) is 36.8 Å². The number of aryl methyl sites for hydroxylation is 1. The summed E-state index contributed by atoms with van der Waals surface area (Å²) in [5.41, 5.74) is 3.49. The molecule has 0 amide bonds. The molecule has 0 aliphatic heterocycles. The van der Waals surface area contributed by atoms with Gasteiger partial charge in [-0.25, -0.2) is 0 Å². The summed E-state index contributed by atoms with van der Waals surface area (Å²) < 4.78 is 5.77. The molecule has 2 heteroatoms. The number of rotatable bonds is 4. The van der Waals surface area contributed by atoms with Crippen LogP contribution in [0, 0.1) is 6.92 Å². The van der Waals surface area contributed by atoms with Crippen LogP contribution in [0.25, 0.3) is 17.0 Å². The molecule has 0 bridgehead atoms. The molecule has 1 aromatic carbocycles. The third-order valence-electron chi connectivity index (χ3n) is 3.38. The van der Waals surface area contributed by atoms with Crippen LogP contribution in [0.15, 0.2) is 34.3 Å². The molecule has 0 saturated heterocycles. The number of furan rings is 1. The van der Waals surface area contributed by atoms with E-state index < -0.39 is 0 Å². The van der Waals surface area contributed by atoms with E-state index in [0.29, 0.717) is 6.04 Å². The molecular weight excluding hydrogens is 222 g/mol. The fourth-order valence-electron chi connectivity index (χ4n) is 2.19. The maximum absolute atomic E-state index is 5.77. The van der Waals surface area contributed by atoms with Crippen molar-refractivity contribution < 1.29 is 4.42 Å². The molecule has 0 spiro atoms. The first-order valence-corrected chi connectivity index (χ1v) is 6.53. The Kier molecular flexibility index (Phi) is 3.87. The second-order valence-corrected chi connectivity index (χ2v) is 4.74. The minimum absolute atomic E-state index is 0.392. The number of nitrogens with one attached hydrogen (secondary N) is 1. The zero-order valence-corrected chi connectivity index (χ0v) is 11.6. The summed E-state index contributed by atoms with van der Waals surface area (Å²) in [6.45, 7) is 9.48. The number of benzene rings is 1. The molecule has 2 nitrogen and oxygen atoms in total. The lowest BCUT2D eigenvalue weighted by atomic mass is 10.0. The fourth-order valence-corrected chi connectivity index (χ4v) is 2.19. The predicted molar refractivity (Wildman–Crippen MR) is 77.7 cm³/mol. The van der Waals surface area contributed by atoms with Crippen LogP contribution < -0.4 is 5.32 Å². The zero-order valence-electron chi connectivity index (χ0n) is 11.6. The summed E-state index contributed by atoms with van der Waals surface area (Å²) in [6, 6.07) is 8.58. The van der Waals surface area contributed by atoms with Gasteiger partial charge in [0.1, 0.15) is 11.3 Å². The lowest BCUT2D eigenvalue weighted by Crippen LogP contribution is -2.26. The van der Waals surface area contributed by atoms with Crippen LogP contribution in [0.4, 0.5) is 0 Å². The first kappa shape index (κ1) is 12.9. The molecule has 1 aromatic heterocycles. The van der Waals surface area contributed by atoms with E-state index in [1.54, 1.807) is 0 Å². The van der Waals surface area contributed by atoms with Gasteiger partial charge in [-0.15, -0.1) is 0 Å². The quantitative estimate of drug-likeness (QED) is 0.873. The Balaban J connectivity index is 2.42. The number of para-hydroxylation sites is 1. The molecule has 18 heavy (non-hydrogen) atoms. The molecule has 0 aliphatic rings. The maximum atomic E-state index is 5.77. The third kappa shape index (κ3) is 2.49. The molecule has 1 N–H and O–H groups in total. The summed E-state index contributed by atoms with van der Waals surface area (Å²) in [5, 5.41) is 4.62. The monoisotopic (exact) mass is 243 g/mol. The van der Waals surface area contributed by atoms with Gasteiger partial charge in [0.15, 0.2) is 0 Å². The molecule has 2 rings (SSSR count). The van der Waals surface area contributed by atoms with Crippen LogP contribution in [-0.4, -0.2) is 12.6 Å². The first-order chi connectivity index (χ1) is 8.63. The van der Waals surface area contributed by atoms with Crippen LogP contribution in [-0.2, 0) is 0 Å². The molecule has 0 aliphatic carbocycles. The topological polar surface area (TPSA) is 25.2 Å². The highest BCUT2D eigenvalue weighted by Gasteiger charge is 2.10. The van der Waals surface area contributed by atoms with E-state index >= 15 is 0 Å². The Morgan fingerprint density at radius 2 is 2.11 bits per heavy atom. The summed E-state index contributed by atoms with van der Waals surface area (Å²) in [7, 11) is 0. The van der Waals surface area contributed by atoms with Crippen molar-refractivity contribution in [3.8, 4) is 0 Å². The maximum Gasteiger partial charge on any atom is 0.134 e. The second-order valence-electron chi connectivity index (χ2n) is 4.74. The smallest absolute Gasteiger partial charge is 0.134 e. The van der Waals surface area contributed by atoms with Crippen molar-refractivity contribution in [2.75, 3.05) is 6.54 Å². The van der Waals surface area contributed by atoms with E-state index in [0.717, 1.165) is 17.9 Å². The van der Waals surface area contributed by atoms with E-state index in [-0.39, 0.29) is 0 Å². The molecule has 1 heterocycles. The Morgan fingerprint density at radius 3 is 2.83 bits per heavy atom. The molecule has 96 valence electrons. The summed E-state index contributed by atoms with van der Waals surface area (Å²) in [4.78, 5) is 0. The largest absolute Gasteiger partial charge is 0.461 e. The average molecular weight is 243 g/mol. The van der Waals surface area contributed by atoms with Gasteiger partial charge in [0.2, 0.25) is 0 Å². The van der Waals surface area contributed by atoms with Gasteiger partial charge in [-0.2, -0.15) is 0 Å². The van der Waals surface area contributed by atoms with Crippen LogP contribution in [0.2, 0.25) is 0 Å². The van der Waals surface area contributed by atoms with Crippen molar-refractivity contribution in [3.05, 3.63) is 41.2 Å². The molecule has 1 atom stereocenters. The molecular formula is C16H21NO.